The molecule has 8 heteroatoms. The lowest BCUT2D eigenvalue weighted by Crippen LogP contribution is -2.30. The number of rotatable bonds is 6. The maximum absolute atomic E-state index is 13.1. The molecule has 0 saturated carbocycles. The number of sulfonamides is 1. The Kier molecular flexibility index (Phi) is 5.84. The summed E-state index contributed by atoms with van der Waals surface area (Å²) in [7, 11) is -3.68. The monoisotopic (exact) mass is 440 g/mol. The maximum atomic E-state index is 13.1. The number of carbonyl (C=O) groups is 1. The van der Waals surface area contributed by atoms with Crippen molar-refractivity contribution in [1.82, 2.24) is 8.87 Å². The maximum Gasteiger partial charge on any atom is 0.251 e. The van der Waals surface area contributed by atoms with Crippen LogP contribution in [0, 0.1) is 5.82 Å². The van der Waals surface area contributed by atoms with Gasteiger partial charge in [0.05, 0.1) is 11.4 Å². The van der Waals surface area contributed by atoms with Gasteiger partial charge in [0.25, 0.3) is 5.56 Å². The van der Waals surface area contributed by atoms with Crippen molar-refractivity contribution in [2.75, 3.05) is 13.1 Å². The second kappa shape index (κ2) is 8.56. The number of ketones is 1. The first-order valence-corrected chi connectivity index (χ1v) is 11.4. The van der Waals surface area contributed by atoms with Crippen LogP contribution in [0.25, 0.3) is 11.1 Å². The SMILES string of the molecule is O=C(Cn1cc(S(=O)(=O)N2CCCC2)ccc1=O)c1ccc(-c2ccc(F)cc2)cc1. The zero-order valence-electron chi connectivity index (χ0n) is 16.7. The lowest BCUT2D eigenvalue weighted by molar-refractivity contribution is 0.0970. The zero-order chi connectivity index (χ0) is 22.0. The number of Topliss-reactive ketones (excluding diaryl/α,β-unsaturated/α-hetero) is 1. The average molecular weight is 440 g/mol. The standard InChI is InChI=1S/C23H21FN2O4S/c24-20-9-7-18(8-10-20)17-3-5-19(6-4-17)22(27)16-25-15-21(11-12-23(25)28)31(29,30)26-13-1-2-14-26/h3-12,15H,1-2,13-14,16H2. The third-order valence-corrected chi connectivity index (χ3v) is 7.24. The Morgan fingerprint density at radius 1 is 0.871 bits per heavy atom. The van der Waals surface area contributed by atoms with E-state index in [2.05, 4.69) is 0 Å². The van der Waals surface area contributed by atoms with Crippen molar-refractivity contribution in [3.05, 3.63) is 88.6 Å². The quantitative estimate of drug-likeness (QED) is 0.551. The first kappa shape index (κ1) is 21.1. The van der Waals surface area contributed by atoms with Gasteiger partial charge in [0, 0.05) is 30.9 Å². The van der Waals surface area contributed by atoms with E-state index in [1.54, 1.807) is 36.4 Å². The molecule has 1 aliphatic heterocycles. The molecule has 1 fully saturated rings. The van der Waals surface area contributed by atoms with E-state index >= 15 is 0 Å². The molecule has 6 nitrogen and oxygen atoms in total. The highest BCUT2D eigenvalue weighted by atomic mass is 32.2. The summed E-state index contributed by atoms with van der Waals surface area (Å²) in [5.74, 6) is -0.640. The van der Waals surface area contributed by atoms with E-state index in [0.29, 0.717) is 18.7 Å². The summed E-state index contributed by atoms with van der Waals surface area (Å²) in [6.45, 7) is 0.652. The highest BCUT2D eigenvalue weighted by Crippen LogP contribution is 2.21. The molecule has 0 bridgehead atoms. The van der Waals surface area contributed by atoms with Crippen molar-refractivity contribution in [2.45, 2.75) is 24.3 Å². The molecule has 3 aromatic rings. The number of hydrogen-bond donors (Lipinski definition) is 0. The molecule has 0 spiro atoms. The molecule has 0 radical (unpaired) electrons. The third-order valence-electron chi connectivity index (χ3n) is 5.36. The van der Waals surface area contributed by atoms with Crippen molar-refractivity contribution >= 4 is 15.8 Å². The highest BCUT2D eigenvalue weighted by Gasteiger charge is 2.27. The van der Waals surface area contributed by atoms with Crippen LogP contribution >= 0.6 is 0 Å². The van der Waals surface area contributed by atoms with E-state index in [0.717, 1.165) is 28.5 Å². The molecule has 0 N–H and O–H groups in total. The topological polar surface area (TPSA) is 76.5 Å². The molecule has 0 atom stereocenters. The van der Waals surface area contributed by atoms with Crippen molar-refractivity contribution in [3.63, 3.8) is 0 Å². The van der Waals surface area contributed by atoms with E-state index in [1.165, 1.54) is 34.8 Å². The van der Waals surface area contributed by atoms with Gasteiger partial charge in [-0.15, -0.1) is 0 Å². The van der Waals surface area contributed by atoms with Gasteiger partial charge in [0.2, 0.25) is 10.0 Å². The van der Waals surface area contributed by atoms with E-state index in [9.17, 15) is 22.4 Å². The molecule has 1 aliphatic rings. The van der Waals surface area contributed by atoms with Crippen LogP contribution in [0.4, 0.5) is 4.39 Å². The van der Waals surface area contributed by atoms with Gasteiger partial charge in [-0.25, -0.2) is 12.8 Å². The Balaban J connectivity index is 1.54. The minimum atomic E-state index is -3.68. The lowest BCUT2D eigenvalue weighted by atomic mass is 10.0. The largest absolute Gasteiger partial charge is 0.306 e. The average Bonchev–Trinajstić information content (AvgIpc) is 3.32. The Morgan fingerprint density at radius 3 is 2.06 bits per heavy atom. The Labute approximate surface area is 179 Å². The third kappa shape index (κ3) is 4.50. The minimum Gasteiger partial charge on any atom is -0.306 e. The summed E-state index contributed by atoms with van der Waals surface area (Å²) < 4.78 is 41.1. The van der Waals surface area contributed by atoms with Crippen LogP contribution in [0.2, 0.25) is 0 Å². The molecule has 0 unspecified atom stereocenters. The van der Waals surface area contributed by atoms with Crippen molar-refractivity contribution in [1.29, 1.82) is 0 Å². The Morgan fingerprint density at radius 2 is 1.45 bits per heavy atom. The molecular formula is C23H21FN2O4S. The number of benzene rings is 2. The van der Waals surface area contributed by atoms with Gasteiger partial charge in [0.15, 0.2) is 5.78 Å². The number of carbonyl (C=O) groups excluding carboxylic acids is 1. The number of hydrogen-bond acceptors (Lipinski definition) is 4. The van der Waals surface area contributed by atoms with Crippen molar-refractivity contribution < 1.29 is 17.6 Å². The summed E-state index contributed by atoms with van der Waals surface area (Å²) in [5.41, 5.74) is 1.59. The molecule has 0 amide bonds. The zero-order valence-corrected chi connectivity index (χ0v) is 17.5. The number of nitrogens with zero attached hydrogens (tertiary/aromatic N) is 2. The van der Waals surface area contributed by atoms with Crippen molar-refractivity contribution in [2.24, 2.45) is 0 Å². The molecule has 0 aliphatic carbocycles. The second-order valence-electron chi connectivity index (χ2n) is 7.45. The second-order valence-corrected chi connectivity index (χ2v) is 9.39. The number of aromatic nitrogens is 1. The Bertz CT molecular complexity index is 1260. The molecular weight excluding hydrogens is 419 g/mol. The minimum absolute atomic E-state index is 0.00783. The van der Waals surface area contributed by atoms with Crippen LogP contribution in [-0.2, 0) is 16.6 Å². The van der Waals surface area contributed by atoms with Crippen LogP contribution in [0.15, 0.2) is 76.6 Å². The predicted octanol–water partition coefficient (Wildman–Crippen LogP) is 3.32. The van der Waals surface area contributed by atoms with E-state index in [4.69, 9.17) is 0 Å². The van der Waals surface area contributed by atoms with E-state index < -0.39 is 15.6 Å². The summed E-state index contributed by atoms with van der Waals surface area (Å²) in [6.07, 6.45) is 2.86. The fourth-order valence-corrected chi connectivity index (χ4v) is 5.14. The number of pyridine rings is 1. The van der Waals surface area contributed by atoms with Gasteiger partial charge in [-0.05, 0) is 42.2 Å². The molecule has 31 heavy (non-hydrogen) atoms. The summed E-state index contributed by atoms with van der Waals surface area (Å²) in [6, 6.07) is 15.3. The summed E-state index contributed by atoms with van der Waals surface area (Å²) in [4.78, 5) is 24.9. The smallest absolute Gasteiger partial charge is 0.251 e. The fourth-order valence-electron chi connectivity index (χ4n) is 3.60. The van der Waals surface area contributed by atoms with Crippen LogP contribution in [-0.4, -0.2) is 36.2 Å². The normalized spacial score (nSPS) is 14.6. The predicted molar refractivity (Wildman–Crippen MR) is 115 cm³/mol. The van der Waals surface area contributed by atoms with Crippen LogP contribution in [0.1, 0.15) is 23.2 Å². The number of halogens is 1. The Hall–Kier alpha value is -3.10. The summed E-state index contributed by atoms with van der Waals surface area (Å²) in [5, 5.41) is 0. The van der Waals surface area contributed by atoms with Crippen LogP contribution < -0.4 is 5.56 Å². The first-order valence-electron chi connectivity index (χ1n) is 9.94. The van der Waals surface area contributed by atoms with Crippen LogP contribution in [0.3, 0.4) is 0 Å². The fraction of sp³-hybridized carbons (Fsp3) is 0.217. The van der Waals surface area contributed by atoms with Gasteiger partial charge < -0.3 is 4.57 Å². The van der Waals surface area contributed by atoms with Gasteiger partial charge >= 0.3 is 0 Å². The molecule has 2 aromatic carbocycles. The highest BCUT2D eigenvalue weighted by molar-refractivity contribution is 7.89. The van der Waals surface area contributed by atoms with E-state index in [-0.39, 0.29) is 23.0 Å². The summed E-state index contributed by atoms with van der Waals surface area (Å²) >= 11 is 0. The molecule has 1 aromatic heterocycles. The first-order chi connectivity index (χ1) is 14.8. The van der Waals surface area contributed by atoms with E-state index in [1.807, 2.05) is 0 Å². The molecule has 4 rings (SSSR count). The van der Waals surface area contributed by atoms with Crippen molar-refractivity contribution in [3.8, 4) is 11.1 Å². The molecule has 160 valence electrons. The van der Waals surface area contributed by atoms with Crippen LogP contribution in [0.5, 0.6) is 0 Å². The molecule has 1 saturated heterocycles. The van der Waals surface area contributed by atoms with Gasteiger partial charge in [0.1, 0.15) is 5.82 Å². The van der Waals surface area contributed by atoms with Gasteiger partial charge in [-0.3, -0.25) is 9.59 Å². The van der Waals surface area contributed by atoms with Gasteiger partial charge in [-0.1, -0.05) is 36.4 Å². The lowest BCUT2D eigenvalue weighted by Gasteiger charge is -2.16. The van der Waals surface area contributed by atoms with Gasteiger partial charge in [-0.2, -0.15) is 4.31 Å². The molecule has 2 heterocycles.